The highest BCUT2D eigenvalue weighted by Crippen LogP contribution is 2.35. The Bertz CT molecular complexity index is 860. The predicted octanol–water partition coefficient (Wildman–Crippen LogP) is 4.36. The van der Waals surface area contributed by atoms with Gasteiger partial charge in [-0.2, -0.15) is 0 Å². The average molecular weight is 459 g/mol. The molecule has 2 aromatic carbocycles. The summed E-state index contributed by atoms with van der Waals surface area (Å²) >= 11 is 5.94. The second kappa shape index (κ2) is 11.3. The molecule has 6 heteroatoms. The third-order valence-corrected chi connectivity index (χ3v) is 6.87. The van der Waals surface area contributed by atoms with Crippen LogP contribution in [0.4, 0.5) is 0 Å². The van der Waals surface area contributed by atoms with E-state index < -0.39 is 5.60 Å². The van der Waals surface area contributed by atoms with Gasteiger partial charge in [-0.15, -0.1) is 0 Å². The van der Waals surface area contributed by atoms with Crippen molar-refractivity contribution in [2.24, 2.45) is 0 Å². The first-order chi connectivity index (χ1) is 15.3. The van der Waals surface area contributed by atoms with E-state index in [2.05, 4.69) is 29.6 Å². The van der Waals surface area contributed by atoms with Gasteiger partial charge >= 0.3 is 0 Å². The van der Waals surface area contributed by atoms with Crippen molar-refractivity contribution in [2.75, 3.05) is 20.2 Å². The predicted molar refractivity (Wildman–Crippen MR) is 129 cm³/mol. The molecule has 1 saturated carbocycles. The maximum atomic E-state index is 12.8. The van der Waals surface area contributed by atoms with Gasteiger partial charge in [0.25, 0.3) is 5.91 Å². The van der Waals surface area contributed by atoms with Crippen molar-refractivity contribution < 1.29 is 15.0 Å². The second-order valence-electron chi connectivity index (χ2n) is 9.25. The van der Waals surface area contributed by atoms with Crippen LogP contribution in [0.2, 0.25) is 5.02 Å². The number of halogens is 1. The zero-order valence-corrected chi connectivity index (χ0v) is 19.8. The molecule has 0 bridgehead atoms. The quantitative estimate of drug-likeness (QED) is 0.488. The van der Waals surface area contributed by atoms with E-state index in [4.69, 9.17) is 16.7 Å². The molecule has 32 heavy (non-hydrogen) atoms. The van der Waals surface area contributed by atoms with Gasteiger partial charge in [0.2, 0.25) is 0 Å². The summed E-state index contributed by atoms with van der Waals surface area (Å²) in [5, 5.41) is 22.9. The fourth-order valence-electron chi connectivity index (χ4n) is 4.34. The molecule has 0 radical (unpaired) electrons. The van der Waals surface area contributed by atoms with Crippen molar-refractivity contribution in [1.29, 1.82) is 0 Å². The van der Waals surface area contributed by atoms with E-state index in [0.29, 0.717) is 29.5 Å². The van der Waals surface area contributed by atoms with Crippen LogP contribution in [-0.4, -0.2) is 52.9 Å². The number of carbonyl (C=O) groups excluding carboxylic acids is 1. The Morgan fingerprint density at radius 1 is 1.09 bits per heavy atom. The van der Waals surface area contributed by atoms with Crippen LogP contribution in [0.15, 0.2) is 48.5 Å². The molecule has 0 aromatic heterocycles. The molecule has 3 N–H and O–H groups in total. The highest BCUT2D eigenvalue weighted by Gasteiger charge is 2.27. The van der Waals surface area contributed by atoms with Crippen LogP contribution in [0.3, 0.4) is 0 Å². The van der Waals surface area contributed by atoms with E-state index in [0.717, 1.165) is 32.2 Å². The molecule has 1 aliphatic rings. The first-order valence-electron chi connectivity index (χ1n) is 11.4. The Morgan fingerprint density at radius 2 is 1.72 bits per heavy atom. The van der Waals surface area contributed by atoms with Crippen LogP contribution in [0.25, 0.3) is 0 Å². The number of nitrogens with one attached hydrogen (secondary N) is 1. The standard InChI is InChI=1S/C26H35ClN2O3/c1-26(32,18-30)15-16-28-17-19-3-5-20(6-4-19)21-9-13-24(14-10-21)29(2)25(31)22-7-11-23(27)12-8-22/h3-8,11-12,21,24,28,30,32H,9-10,13-18H2,1-2H3/t21?,24?,26-/m0/s1. The maximum absolute atomic E-state index is 12.8. The van der Waals surface area contributed by atoms with Crippen molar-refractivity contribution in [3.63, 3.8) is 0 Å². The van der Waals surface area contributed by atoms with Gasteiger partial charge in [0, 0.05) is 30.2 Å². The minimum atomic E-state index is -1.02. The van der Waals surface area contributed by atoms with E-state index in [1.165, 1.54) is 11.1 Å². The lowest BCUT2D eigenvalue weighted by Gasteiger charge is -2.35. The monoisotopic (exact) mass is 458 g/mol. The number of benzene rings is 2. The first kappa shape index (κ1) is 24.7. The van der Waals surface area contributed by atoms with Crippen molar-refractivity contribution in [3.05, 3.63) is 70.2 Å². The Labute approximate surface area is 196 Å². The lowest BCUT2D eigenvalue weighted by molar-refractivity contribution is -0.00464. The van der Waals surface area contributed by atoms with Gasteiger partial charge < -0.3 is 20.4 Å². The van der Waals surface area contributed by atoms with Crippen molar-refractivity contribution in [2.45, 2.75) is 63.1 Å². The van der Waals surface area contributed by atoms with Gasteiger partial charge in [0.1, 0.15) is 0 Å². The Morgan fingerprint density at radius 3 is 2.31 bits per heavy atom. The number of amides is 1. The van der Waals surface area contributed by atoms with Gasteiger partial charge in [-0.1, -0.05) is 35.9 Å². The third kappa shape index (κ3) is 6.79. The molecule has 5 nitrogen and oxygen atoms in total. The summed E-state index contributed by atoms with van der Waals surface area (Å²) in [7, 11) is 1.91. The van der Waals surface area contributed by atoms with E-state index in [1.54, 1.807) is 31.2 Å². The number of carbonyl (C=O) groups is 1. The van der Waals surface area contributed by atoms with Crippen molar-refractivity contribution in [1.82, 2.24) is 10.2 Å². The SMILES string of the molecule is CN(C(=O)c1ccc(Cl)cc1)C1CCC(c2ccc(CNCC[C@](C)(O)CO)cc2)CC1. The molecule has 0 aliphatic heterocycles. The van der Waals surface area contributed by atoms with Crippen LogP contribution >= 0.6 is 11.6 Å². The fourth-order valence-corrected chi connectivity index (χ4v) is 4.46. The van der Waals surface area contributed by atoms with E-state index in [1.807, 2.05) is 11.9 Å². The summed E-state index contributed by atoms with van der Waals surface area (Å²) < 4.78 is 0. The van der Waals surface area contributed by atoms with Crippen molar-refractivity contribution in [3.8, 4) is 0 Å². The van der Waals surface area contributed by atoms with Gasteiger partial charge in [-0.25, -0.2) is 0 Å². The number of nitrogens with zero attached hydrogens (tertiary/aromatic N) is 1. The highest BCUT2D eigenvalue weighted by atomic mass is 35.5. The van der Waals surface area contributed by atoms with E-state index in [9.17, 15) is 9.90 Å². The van der Waals surface area contributed by atoms with Gasteiger partial charge in [-0.3, -0.25) is 4.79 Å². The largest absolute Gasteiger partial charge is 0.393 e. The minimum Gasteiger partial charge on any atom is -0.393 e. The average Bonchev–Trinajstić information content (AvgIpc) is 2.82. The smallest absolute Gasteiger partial charge is 0.253 e. The molecule has 0 spiro atoms. The topological polar surface area (TPSA) is 72.8 Å². The lowest BCUT2D eigenvalue weighted by Crippen LogP contribution is -2.39. The zero-order valence-electron chi connectivity index (χ0n) is 19.1. The molecular formula is C26H35ClN2O3. The maximum Gasteiger partial charge on any atom is 0.253 e. The molecule has 1 atom stereocenters. The summed E-state index contributed by atoms with van der Waals surface area (Å²) in [4.78, 5) is 14.7. The minimum absolute atomic E-state index is 0.0578. The summed E-state index contributed by atoms with van der Waals surface area (Å²) in [6.07, 6.45) is 4.69. The summed E-state index contributed by atoms with van der Waals surface area (Å²) in [5.41, 5.74) is 2.23. The summed E-state index contributed by atoms with van der Waals surface area (Å²) in [5.74, 6) is 0.592. The molecule has 0 saturated heterocycles. The van der Waals surface area contributed by atoms with Gasteiger partial charge in [0.15, 0.2) is 0 Å². The zero-order chi connectivity index (χ0) is 23.1. The Hall–Kier alpha value is -1.92. The van der Waals surface area contributed by atoms with Crippen molar-refractivity contribution >= 4 is 17.5 Å². The van der Waals surface area contributed by atoms with Crippen LogP contribution in [0.5, 0.6) is 0 Å². The number of hydrogen-bond donors (Lipinski definition) is 3. The molecule has 174 valence electrons. The third-order valence-electron chi connectivity index (χ3n) is 6.62. The summed E-state index contributed by atoms with van der Waals surface area (Å²) in [6, 6.07) is 16.1. The molecule has 1 aliphatic carbocycles. The molecule has 3 rings (SSSR count). The molecule has 2 aromatic rings. The molecule has 1 fully saturated rings. The first-order valence-corrected chi connectivity index (χ1v) is 11.8. The number of rotatable bonds is 9. The Balaban J connectivity index is 1.45. The van der Waals surface area contributed by atoms with Crippen LogP contribution in [0.1, 0.15) is 66.4 Å². The van der Waals surface area contributed by atoms with E-state index >= 15 is 0 Å². The normalized spacial score (nSPS) is 20.5. The van der Waals surface area contributed by atoms with Crippen LogP contribution < -0.4 is 5.32 Å². The molecular weight excluding hydrogens is 424 g/mol. The van der Waals surface area contributed by atoms with Gasteiger partial charge in [-0.05, 0) is 86.9 Å². The fraction of sp³-hybridized carbons (Fsp3) is 0.500. The van der Waals surface area contributed by atoms with Crippen LogP contribution in [-0.2, 0) is 6.54 Å². The Kier molecular flexibility index (Phi) is 8.72. The number of aliphatic hydroxyl groups is 2. The van der Waals surface area contributed by atoms with E-state index in [-0.39, 0.29) is 18.6 Å². The summed E-state index contributed by atoms with van der Waals surface area (Å²) in [6.45, 7) is 2.81. The highest BCUT2D eigenvalue weighted by molar-refractivity contribution is 6.30. The number of hydrogen-bond acceptors (Lipinski definition) is 4. The van der Waals surface area contributed by atoms with Gasteiger partial charge in [0.05, 0.1) is 12.2 Å². The second-order valence-corrected chi connectivity index (χ2v) is 9.69. The molecule has 0 heterocycles. The molecule has 0 unspecified atom stereocenters. The number of aliphatic hydroxyl groups excluding tert-OH is 1. The lowest BCUT2D eigenvalue weighted by atomic mass is 9.81. The van der Waals surface area contributed by atoms with Crippen LogP contribution in [0, 0.1) is 0 Å². The molecule has 1 amide bonds.